The smallest absolute Gasteiger partial charge is 0.253 e. The maximum atomic E-state index is 12.4. The van der Waals surface area contributed by atoms with E-state index in [4.69, 9.17) is 5.84 Å². The molecular formula is C15H23N3O. The first kappa shape index (κ1) is 13.9. The Morgan fingerprint density at radius 2 is 1.79 bits per heavy atom. The summed E-state index contributed by atoms with van der Waals surface area (Å²) in [7, 11) is 0. The minimum atomic E-state index is -0.0692. The zero-order valence-electron chi connectivity index (χ0n) is 12.3. The number of hydrazine groups is 1. The molecule has 1 aliphatic rings. The average molecular weight is 261 g/mol. The second-order valence-corrected chi connectivity index (χ2v) is 6.54. The highest BCUT2D eigenvalue weighted by atomic mass is 16.1. The van der Waals surface area contributed by atoms with E-state index in [1.165, 1.54) is 0 Å². The minimum absolute atomic E-state index is 0.0692. The summed E-state index contributed by atoms with van der Waals surface area (Å²) in [5.41, 5.74) is 5.12. The number of nitrogens with two attached hydrogens (primary N) is 1. The highest BCUT2D eigenvalue weighted by molar-refractivity contribution is 6.00. The SMILES string of the molecule is Cc1ccc(NN)c(C(=O)NC2C(C)(C)C2(C)C)c1. The van der Waals surface area contributed by atoms with E-state index in [1.807, 2.05) is 25.1 Å². The van der Waals surface area contributed by atoms with Crippen LogP contribution in [0.15, 0.2) is 18.2 Å². The molecule has 1 fully saturated rings. The van der Waals surface area contributed by atoms with Crippen molar-refractivity contribution in [2.24, 2.45) is 16.7 Å². The normalized spacial score (nSPS) is 19.9. The van der Waals surface area contributed by atoms with Crippen LogP contribution in [0, 0.1) is 17.8 Å². The number of nitrogens with one attached hydrogen (secondary N) is 2. The van der Waals surface area contributed by atoms with Gasteiger partial charge in [-0.1, -0.05) is 39.3 Å². The quantitative estimate of drug-likeness (QED) is 0.578. The third-order valence-corrected chi connectivity index (χ3v) is 4.87. The second-order valence-electron chi connectivity index (χ2n) is 6.54. The van der Waals surface area contributed by atoms with Gasteiger partial charge in [0.2, 0.25) is 0 Å². The van der Waals surface area contributed by atoms with E-state index in [1.54, 1.807) is 0 Å². The highest BCUT2D eigenvalue weighted by Gasteiger charge is 2.65. The van der Waals surface area contributed by atoms with Crippen molar-refractivity contribution in [1.82, 2.24) is 5.32 Å². The zero-order chi connectivity index (χ0) is 14.4. The maximum Gasteiger partial charge on any atom is 0.253 e. The number of rotatable bonds is 3. The molecule has 1 aliphatic carbocycles. The van der Waals surface area contributed by atoms with E-state index >= 15 is 0 Å². The van der Waals surface area contributed by atoms with E-state index in [-0.39, 0.29) is 22.8 Å². The molecule has 1 saturated carbocycles. The lowest BCUT2D eigenvalue weighted by atomic mass is 10.0. The molecule has 0 bridgehead atoms. The number of amides is 1. The van der Waals surface area contributed by atoms with Crippen molar-refractivity contribution in [3.8, 4) is 0 Å². The molecule has 0 spiro atoms. The summed E-state index contributed by atoms with van der Waals surface area (Å²) in [5.74, 6) is 5.39. The van der Waals surface area contributed by atoms with Gasteiger partial charge in [-0.15, -0.1) is 0 Å². The van der Waals surface area contributed by atoms with Crippen molar-refractivity contribution in [3.63, 3.8) is 0 Å². The fourth-order valence-electron chi connectivity index (χ4n) is 2.74. The van der Waals surface area contributed by atoms with Gasteiger partial charge in [0.1, 0.15) is 0 Å². The second kappa shape index (κ2) is 4.23. The lowest BCUT2D eigenvalue weighted by Crippen LogP contribution is -2.30. The summed E-state index contributed by atoms with van der Waals surface area (Å²) in [5, 5.41) is 3.12. The monoisotopic (exact) mass is 261 g/mol. The Morgan fingerprint density at radius 1 is 1.21 bits per heavy atom. The van der Waals surface area contributed by atoms with Crippen LogP contribution in [0.1, 0.15) is 43.6 Å². The number of hydrogen-bond donors (Lipinski definition) is 3. The van der Waals surface area contributed by atoms with Crippen LogP contribution in [-0.4, -0.2) is 11.9 Å². The van der Waals surface area contributed by atoms with Gasteiger partial charge in [-0.3, -0.25) is 10.6 Å². The fraction of sp³-hybridized carbons (Fsp3) is 0.533. The fourth-order valence-corrected chi connectivity index (χ4v) is 2.74. The molecule has 1 amide bonds. The molecule has 0 unspecified atom stereocenters. The van der Waals surface area contributed by atoms with Gasteiger partial charge in [-0.2, -0.15) is 0 Å². The van der Waals surface area contributed by atoms with Crippen LogP contribution in [0.5, 0.6) is 0 Å². The molecule has 1 aromatic carbocycles. The first-order chi connectivity index (χ1) is 8.71. The number of carbonyl (C=O) groups is 1. The highest BCUT2D eigenvalue weighted by Crippen LogP contribution is 2.62. The number of hydrogen-bond acceptors (Lipinski definition) is 3. The molecular weight excluding hydrogens is 238 g/mol. The lowest BCUT2D eigenvalue weighted by Gasteiger charge is -2.11. The molecule has 4 nitrogen and oxygen atoms in total. The number of aryl methyl sites for hydroxylation is 1. The van der Waals surface area contributed by atoms with E-state index in [0.29, 0.717) is 11.3 Å². The predicted octanol–water partition coefficient (Wildman–Crippen LogP) is 2.45. The van der Waals surface area contributed by atoms with Gasteiger partial charge in [-0.25, -0.2) is 0 Å². The van der Waals surface area contributed by atoms with Crippen molar-refractivity contribution in [2.75, 3.05) is 5.43 Å². The Kier molecular flexibility index (Phi) is 3.09. The average Bonchev–Trinajstić information content (AvgIpc) is 2.71. The topological polar surface area (TPSA) is 67.1 Å². The Morgan fingerprint density at radius 3 is 2.26 bits per heavy atom. The van der Waals surface area contributed by atoms with Gasteiger partial charge < -0.3 is 10.7 Å². The molecule has 2 rings (SSSR count). The Balaban J connectivity index is 2.20. The molecule has 0 atom stereocenters. The van der Waals surface area contributed by atoms with Crippen LogP contribution >= 0.6 is 0 Å². The first-order valence-electron chi connectivity index (χ1n) is 6.60. The van der Waals surface area contributed by atoms with Gasteiger partial charge in [0.05, 0.1) is 11.3 Å². The van der Waals surface area contributed by atoms with Gasteiger partial charge in [0.15, 0.2) is 0 Å². The number of anilines is 1. The van der Waals surface area contributed by atoms with Crippen molar-refractivity contribution in [2.45, 2.75) is 40.7 Å². The molecule has 4 heteroatoms. The third kappa shape index (κ3) is 2.10. The van der Waals surface area contributed by atoms with Gasteiger partial charge in [0.25, 0.3) is 5.91 Å². The summed E-state index contributed by atoms with van der Waals surface area (Å²) >= 11 is 0. The molecule has 0 saturated heterocycles. The molecule has 4 N–H and O–H groups in total. The first-order valence-corrected chi connectivity index (χ1v) is 6.60. The molecule has 0 aliphatic heterocycles. The summed E-state index contributed by atoms with van der Waals surface area (Å²) in [6.07, 6.45) is 0. The van der Waals surface area contributed by atoms with E-state index in [9.17, 15) is 4.79 Å². The summed E-state index contributed by atoms with van der Waals surface area (Å²) in [4.78, 5) is 12.4. The Bertz CT molecular complexity index is 506. The van der Waals surface area contributed by atoms with Crippen LogP contribution in [0.3, 0.4) is 0 Å². The third-order valence-electron chi connectivity index (χ3n) is 4.87. The summed E-state index contributed by atoms with van der Waals surface area (Å²) in [6.45, 7) is 10.7. The molecule has 0 heterocycles. The lowest BCUT2D eigenvalue weighted by molar-refractivity contribution is 0.0944. The van der Waals surface area contributed by atoms with Crippen molar-refractivity contribution in [3.05, 3.63) is 29.3 Å². The molecule has 0 aromatic heterocycles. The number of carbonyl (C=O) groups excluding carboxylic acids is 1. The van der Waals surface area contributed by atoms with Crippen molar-refractivity contribution in [1.29, 1.82) is 0 Å². The van der Waals surface area contributed by atoms with Gasteiger partial charge >= 0.3 is 0 Å². The van der Waals surface area contributed by atoms with Crippen LogP contribution in [-0.2, 0) is 0 Å². The van der Waals surface area contributed by atoms with Gasteiger partial charge in [-0.05, 0) is 29.9 Å². The zero-order valence-corrected chi connectivity index (χ0v) is 12.3. The van der Waals surface area contributed by atoms with E-state index in [0.717, 1.165) is 5.56 Å². The predicted molar refractivity (Wildman–Crippen MR) is 77.8 cm³/mol. The maximum absolute atomic E-state index is 12.4. The largest absolute Gasteiger partial charge is 0.348 e. The molecule has 19 heavy (non-hydrogen) atoms. The van der Waals surface area contributed by atoms with Crippen molar-refractivity contribution < 1.29 is 4.79 Å². The molecule has 0 radical (unpaired) electrons. The molecule has 104 valence electrons. The Hall–Kier alpha value is -1.55. The molecule has 1 aromatic rings. The van der Waals surface area contributed by atoms with Crippen LogP contribution in [0.25, 0.3) is 0 Å². The van der Waals surface area contributed by atoms with Crippen LogP contribution in [0.2, 0.25) is 0 Å². The van der Waals surface area contributed by atoms with Crippen LogP contribution in [0.4, 0.5) is 5.69 Å². The number of benzene rings is 1. The Labute approximate surface area is 114 Å². The van der Waals surface area contributed by atoms with Crippen molar-refractivity contribution >= 4 is 11.6 Å². The minimum Gasteiger partial charge on any atom is -0.348 e. The van der Waals surface area contributed by atoms with Gasteiger partial charge in [0, 0.05) is 6.04 Å². The summed E-state index contributed by atoms with van der Waals surface area (Å²) < 4.78 is 0. The van der Waals surface area contributed by atoms with Crippen LogP contribution < -0.4 is 16.6 Å². The number of nitrogen functional groups attached to an aromatic ring is 1. The summed E-state index contributed by atoms with van der Waals surface area (Å²) in [6, 6.07) is 5.80. The standard InChI is InChI=1S/C15H23N3O/c1-9-6-7-11(18-16)10(8-9)12(19)17-13-14(2,3)15(13,4)5/h6-8,13,18H,16H2,1-5H3,(H,17,19). The van der Waals surface area contributed by atoms with E-state index < -0.39 is 0 Å². The van der Waals surface area contributed by atoms with E-state index in [2.05, 4.69) is 38.4 Å².